The predicted molar refractivity (Wildman–Crippen MR) is 74.7 cm³/mol. The van der Waals surface area contributed by atoms with E-state index < -0.39 is 0 Å². The van der Waals surface area contributed by atoms with Gasteiger partial charge in [-0.3, -0.25) is 9.88 Å². The van der Waals surface area contributed by atoms with Crippen molar-refractivity contribution in [2.75, 3.05) is 52.9 Å². The molecule has 0 spiro atoms. The lowest BCUT2D eigenvalue weighted by atomic mass is 10.2. The fraction of sp³-hybridized carbons (Fsp3) is 0.643. The van der Waals surface area contributed by atoms with Gasteiger partial charge in [0.2, 0.25) is 0 Å². The molecule has 0 atom stereocenters. The van der Waals surface area contributed by atoms with Crippen LogP contribution in [0.15, 0.2) is 24.5 Å². The van der Waals surface area contributed by atoms with Gasteiger partial charge in [0, 0.05) is 51.7 Å². The first kappa shape index (κ1) is 13.5. The molecule has 1 fully saturated rings. The first-order valence-corrected chi connectivity index (χ1v) is 6.85. The van der Waals surface area contributed by atoms with E-state index in [0.29, 0.717) is 0 Å². The summed E-state index contributed by atoms with van der Waals surface area (Å²) in [5.41, 5.74) is 1.36. The number of pyridine rings is 1. The van der Waals surface area contributed by atoms with Gasteiger partial charge in [0.1, 0.15) is 0 Å². The van der Waals surface area contributed by atoms with Crippen LogP contribution in [0.4, 0.5) is 0 Å². The van der Waals surface area contributed by atoms with Crippen LogP contribution in [0.25, 0.3) is 0 Å². The standard InChI is InChI=1S/C14H24N4/c1-17-10-12-18(13-11-17)9-8-16-7-4-14-2-5-15-6-3-14/h2-3,5-6,16H,4,7-13H2,1H3. The van der Waals surface area contributed by atoms with Crippen molar-refractivity contribution in [1.82, 2.24) is 20.1 Å². The first-order chi connectivity index (χ1) is 8.84. The second kappa shape index (κ2) is 7.46. The Balaban J connectivity index is 1.51. The number of nitrogens with one attached hydrogen (secondary N) is 1. The Hall–Kier alpha value is -0.970. The van der Waals surface area contributed by atoms with Crippen molar-refractivity contribution in [3.63, 3.8) is 0 Å². The monoisotopic (exact) mass is 248 g/mol. The van der Waals surface area contributed by atoms with Crippen LogP contribution in [0.5, 0.6) is 0 Å². The van der Waals surface area contributed by atoms with E-state index in [9.17, 15) is 0 Å². The van der Waals surface area contributed by atoms with Gasteiger partial charge >= 0.3 is 0 Å². The molecule has 0 amide bonds. The van der Waals surface area contributed by atoms with Crippen LogP contribution in [-0.2, 0) is 6.42 Å². The molecular formula is C14H24N4. The molecule has 0 aliphatic carbocycles. The summed E-state index contributed by atoms with van der Waals surface area (Å²) in [5.74, 6) is 0. The summed E-state index contributed by atoms with van der Waals surface area (Å²) in [6, 6.07) is 4.17. The van der Waals surface area contributed by atoms with Gasteiger partial charge in [-0.15, -0.1) is 0 Å². The molecule has 100 valence electrons. The third-order valence-electron chi connectivity index (χ3n) is 3.54. The van der Waals surface area contributed by atoms with Crippen molar-refractivity contribution in [3.05, 3.63) is 30.1 Å². The lowest BCUT2D eigenvalue weighted by Gasteiger charge is -2.32. The summed E-state index contributed by atoms with van der Waals surface area (Å²) in [7, 11) is 2.20. The molecule has 1 aliphatic heterocycles. The van der Waals surface area contributed by atoms with Crippen LogP contribution in [0.3, 0.4) is 0 Å². The molecule has 4 nitrogen and oxygen atoms in total. The number of hydrogen-bond donors (Lipinski definition) is 1. The summed E-state index contributed by atoms with van der Waals surface area (Å²) >= 11 is 0. The molecule has 0 unspecified atom stereocenters. The summed E-state index contributed by atoms with van der Waals surface area (Å²) in [5, 5.41) is 3.52. The Labute approximate surface area is 110 Å². The maximum Gasteiger partial charge on any atom is 0.0270 e. The normalized spacial score (nSPS) is 18.1. The fourth-order valence-electron chi connectivity index (χ4n) is 2.22. The van der Waals surface area contributed by atoms with Crippen LogP contribution in [0.2, 0.25) is 0 Å². The summed E-state index contributed by atoms with van der Waals surface area (Å²) < 4.78 is 0. The highest BCUT2D eigenvalue weighted by Gasteiger charge is 2.12. The molecule has 4 heteroatoms. The summed E-state index contributed by atoms with van der Waals surface area (Å²) in [4.78, 5) is 8.96. The number of likely N-dealkylation sites (N-methyl/N-ethyl adjacent to an activating group) is 1. The molecule has 1 aromatic rings. The Morgan fingerprint density at radius 3 is 2.56 bits per heavy atom. The zero-order valence-corrected chi connectivity index (χ0v) is 11.3. The SMILES string of the molecule is CN1CCN(CCNCCc2ccncc2)CC1. The molecule has 2 rings (SSSR count). The maximum atomic E-state index is 4.03. The van der Waals surface area contributed by atoms with E-state index in [0.717, 1.165) is 19.5 Å². The van der Waals surface area contributed by atoms with Gasteiger partial charge in [-0.2, -0.15) is 0 Å². The van der Waals surface area contributed by atoms with E-state index in [1.165, 1.54) is 38.3 Å². The van der Waals surface area contributed by atoms with E-state index in [2.05, 4.69) is 39.3 Å². The van der Waals surface area contributed by atoms with Gasteiger partial charge in [-0.1, -0.05) is 0 Å². The Bertz CT molecular complexity index is 320. The van der Waals surface area contributed by atoms with Gasteiger partial charge in [0.05, 0.1) is 0 Å². The molecule has 1 aliphatic rings. The predicted octanol–water partition coefficient (Wildman–Crippen LogP) is 0.461. The molecule has 18 heavy (non-hydrogen) atoms. The second-order valence-corrected chi connectivity index (χ2v) is 5.00. The minimum absolute atomic E-state index is 1.05. The van der Waals surface area contributed by atoms with E-state index in [4.69, 9.17) is 0 Å². The van der Waals surface area contributed by atoms with Crippen LogP contribution in [0.1, 0.15) is 5.56 Å². The highest BCUT2D eigenvalue weighted by molar-refractivity contribution is 5.09. The molecule has 0 aromatic carbocycles. The fourth-order valence-corrected chi connectivity index (χ4v) is 2.22. The smallest absolute Gasteiger partial charge is 0.0270 e. The van der Waals surface area contributed by atoms with E-state index in [-0.39, 0.29) is 0 Å². The van der Waals surface area contributed by atoms with Gasteiger partial charge in [-0.05, 0) is 37.7 Å². The Morgan fingerprint density at radius 2 is 1.83 bits per heavy atom. The molecule has 1 saturated heterocycles. The van der Waals surface area contributed by atoms with Crippen LogP contribution in [0, 0.1) is 0 Å². The lowest BCUT2D eigenvalue weighted by Crippen LogP contribution is -2.46. The highest BCUT2D eigenvalue weighted by Crippen LogP contribution is 1.98. The topological polar surface area (TPSA) is 31.4 Å². The number of rotatable bonds is 6. The molecular weight excluding hydrogens is 224 g/mol. The molecule has 0 radical (unpaired) electrons. The number of aromatic nitrogens is 1. The molecule has 1 N–H and O–H groups in total. The minimum Gasteiger partial charge on any atom is -0.315 e. The Morgan fingerprint density at radius 1 is 1.11 bits per heavy atom. The quantitative estimate of drug-likeness (QED) is 0.741. The van der Waals surface area contributed by atoms with Crippen LogP contribution < -0.4 is 5.32 Å². The molecule has 0 bridgehead atoms. The maximum absolute atomic E-state index is 4.03. The number of nitrogens with zero attached hydrogens (tertiary/aromatic N) is 3. The van der Waals surface area contributed by atoms with Crippen molar-refractivity contribution < 1.29 is 0 Å². The third-order valence-corrected chi connectivity index (χ3v) is 3.54. The summed E-state index contributed by atoms with van der Waals surface area (Å²) in [6.07, 6.45) is 4.81. The molecule has 2 heterocycles. The van der Waals surface area contributed by atoms with Crippen molar-refractivity contribution in [1.29, 1.82) is 0 Å². The Kier molecular flexibility index (Phi) is 5.58. The lowest BCUT2D eigenvalue weighted by molar-refractivity contribution is 0.155. The van der Waals surface area contributed by atoms with Crippen molar-refractivity contribution in [2.45, 2.75) is 6.42 Å². The average molecular weight is 248 g/mol. The van der Waals surface area contributed by atoms with E-state index in [1.807, 2.05) is 12.4 Å². The minimum atomic E-state index is 1.05. The largest absolute Gasteiger partial charge is 0.315 e. The molecule has 1 aromatic heterocycles. The van der Waals surface area contributed by atoms with Gasteiger partial charge in [-0.25, -0.2) is 0 Å². The zero-order valence-electron chi connectivity index (χ0n) is 11.3. The average Bonchev–Trinajstić information content (AvgIpc) is 2.42. The van der Waals surface area contributed by atoms with Crippen molar-refractivity contribution in [3.8, 4) is 0 Å². The van der Waals surface area contributed by atoms with Crippen LogP contribution >= 0.6 is 0 Å². The van der Waals surface area contributed by atoms with Crippen molar-refractivity contribution in [2.24, 2.45) is 0 Å². The van der Waals surface area contributed by atoms with Gasteiger partial charge in [0.25, 0.3) is 0 Å². The van der Waals surface area contributed by atoms with Crippen LogP contribution in [-0.4, -0.2) is 67.6 Å². The molecule has 0 saturated carbocycles. The zero-order chi connectivity index (χ0) is 12.6. The van der Waals surface area contributed by atoms with Gasteiger partial charge < -0.3 is 10.2 Å². The van der Waals surface area contributed by atoms with Crippen molar-refractivity contribution >= 4 is 0 Å². The second-order valence-electron chi connectivity index (χ2n) is 5.00. The van der Waals surface area contributed by atoms with Gasteiger partial charge in [0.15, 0.2) is 0 Å². The first-order valence-electron chi connectivity index (χ1n) is 6.85. The number of hydrogen-bond acceptors (Lipinski definition) is 4. The third kappa shape index (κ3) is 4.72. The van der Waals surface area contributed by atoms with E-state index >= 15 is 0 Å². The summed E-state index contributed by atoms with van der Waals surface area (Å²) in [6.45, 7) is 8.15. The highest BCUT2D eigenvalue weighted by atomic mass is 15.2. The van der Waals surface area contributed by atoms with E-state index in [1.54, 1.807) is 0 Å². The number of piperazine rings is 1.